The third kappa shape index (κ3) is 2.28. The minimum Gasteiger partial charge on any atom is -0.489 e. The first-order valence-electron chi connectivity index (χ1n) is 5.57. The summed E-state index contributed by atoms with van der Waals surface area (Å²) in [5.41, 5.74) is 1.18. The van der Waals surface area contributed by atoms with Crippen molar-refractivity contribution in [3.8, 4) is 5.75 Å². The zero-order valence-corrected chi connectivity index (χ0v) is 11.2. The molecule has 0 atom stereocenters. The Morgan fingerprint density at radius 1 is 1.24 bits per heavy atom. The number of rotatable bonds is 2. The average Bonchev–Trinajstić information content (AvgIpc) is 2.75. The molecule has 0 fully saturated rings. The Labute approximate surface area is 109 Å². The maximum absolute atomic E-state index is 5.64. The maximum Gasteiger partial charge on any atom is 0.143 e. The van der Waals surface area contributed by atoms with Gasteiger partial charge in [-0.05, 0) is 43.1 Å². The third-order valence-electron chi connectivity index (χ3n) is 2.60. The molecule has 0 bridgehead atoms. The SMILES string of the molecule is Cc1ccc(SN2CCOc3ccccc32)s1. The number of hydrogen-bond donors (Lipinski definition) is 0. The standard InChI is InChI=1S/C13H13NOS2/c1-10-6-7-13(16-10)17-14-8-9-15-12-5-3-2-4-11(12)14/h2-7H,8-9H2,1H3. The van der Waals surface area contributed by atoms with E-state index in [0.717, 1.165) is 18.9 Å². The summed E-state index contributed by atoms with van der Waals surface area (Å²) in [6, 6.07) is 12.6. The summed E-state index contributed by atoms with van der Waals surface area (Å²) in [6.45, 7) is 3.83. The highest BCUT2D eigenvalue weighted by molar-refractivity contribution is 8.02. The lowest BCUT2D eigenvalue weighted by Gasteiger charge is -2.29. The smallest absolute Gasteiger partial charge is 0.143 e. The fourth-order valence-corrected chi connectivity index (χ4v) is 3.97. The number of ether oxygens (including phenoxy) is 1. The summed E-state index contributed by atoms with van der Waals surface area (Å²) >= 11 is 3.64. The van der Waals surface area contributed by atoms with Crippen molar-refractivity contribution in [3.63, 3.8) is 0 Å². The van der Waals surface area contributed by atoms with Gasteiger partial charge in [0, 0.05) is 4.88 Å². The molecule has 0 saturated carbocycles. The summed E-state index contributed by atoms with van der Waals surface area (Å²) in [5, 5.41) is 0. The van der Waals surface area contributed by atoms with Crippen molar-refractivity contribution in [1.82, 2.24) is 0 Å². The number of aryl methyl sites for hydroxylation is 1. The molecule has 2 heterocycles. The Morgan fingerprint density at radius 3 is 2.94 bits per heavy atom. The average molecular weight is 263 g/mol. The van der Waals surface area contributed by atoms with Crippen molar-refractivity contribution in [3.05, 3.63) is 41.3 Å². The topological polar surface area (TPSA) is 12.5 Å². The minimum absolute atomic E-state index is 0.758. The van der Waals surface area contributed by atoms with Crippen LogP contribution in [0.25, 0.3) is 0 Å². The molecule has 3 rings (SSSR count). The van der Waals surface area contributed by atoms with Gasteiger partial charge in [-0.2, -0.15) is 0 Å². The van der Waals surface area contributed by atoms with Gasteiger partial charge in [0.1, 0.15) is 12.4 Å². The number of para-hydroxylation sites is 2. The molecule has 0 N–H and O–H groups in total. The van der Waals surface area contributed by atoms with Gasteiger partial charge in [-0.25, -0.2) is 0 Å². The van der Waals surface area contributed by atoms with Crippen molar-refractivity contribution in [2.24, 2.45) is 0 Å². The second-order valence-corrected chi connectivity index (χ2v) is 6.48. The molecule has 0 spiro atoms. The molecule has 4 heteroatoms. The fraction of sp³-hybridized carbons (Fsp3) is 0.231. The molecular weight excluding hydrogens is 250 g/mol. The van der Waals surface area contributed by atoms with Crippen LogP contribution in [-0.2, 0) is 0 Å². The van der Waals surface area contributed by atoms with Crippen molar-refractivity contribution in [1.29, 1.82) is 0 Å². The minimum atomic E-state index is 0.758. The van der Waals surface area contributed by atoms with E-state index < -0.39 is 0 Å². The molecule has 2 aromatic rings. The summed E-state index contributed by atoms with van der Waals surface area (Å²) in [6.07, 6.45) is 0. The number of anilines is 1. The Morgan fingerprint density at radius 2 is 2.12 bits per heavy atom. The highest BCUT2D eigenvalue weighted by Crippen LogP contribution is 2.39. The monoisotopic (exact) mass is 263 g/mol. The first-order valence-corrected chi connectivity index (χ1v) is 7.16. The zero-order valence-electron chi connectivity index (χ0n) is 9.55. The Bertz CT molecular complexity index is 524. The Kier molecular flexibility index (Phi) is 2.99. The van der Waals surface area contributed by atoms with Crippen LogP contribution in [0.4, 0.5) is 5.69 Å². The zero-order chi connectivity index (χ0) is 11.7. The summed E-state index contributed by atoms with van der Waals surface area (Å²) < 4.78 is 9.29. The van der Waals surface area contributed by atoms with Gasteiger partial charge in [-0.3, -0.25) is 0 Å². The van der Waals surface area contributed by atoms with Crippen LogP contribution < -0.4 is 9.04 Å². The number of benzene rings is 1. The summed E-state index contributed by atoms with van der Waals surface area (Å²) in [4.78, 5) is 1.36. The van der Waals surface area contributed by atoms with Gasteiger partial charge >= 0.3 is 0 Å². The molecule has 0 amide bonds. The van der Waals surface area contributed by atoms with Crippen LogP contribution in [0.5, 0.6) is 5.75 Å². The summed E-state index contributed by atoms with van der Waals surface area (Å²) in [7, 11) is 0. The third-order valence-corrected chi connectivity index (χ3v) is 4.79. The molecule has 2 nitrogen and oxygen atoms in total. The number of hydrogen-bond acceptors (Lipinski definition) is 4. The highest BCUT2D eigenvalue weighted by Gasteiger charge is 2.18. The van der Waals surface area contributed by atoms with E-state index >= 15 is 0 Å². The van der Waals surface area contributed by atoms with E-state index in [0.29, 0.717) is 0 Å². The first-order chi connectivity index (χ1) is 8.33. The molecule has 0 radical (unpaired) electrons. The van der Waals surface area contributed by atoms with Gasteiger partial charge in [0.15, 0.2) is 0 Å². The largest absolute Gasteiger partial charge is 0.489 e. The van der Waals surface area contributed by atoms with Crippen LogP contribution in [-0.4, -0.2) is 13.2 Å². The normalized spacial score (nSPS) is 14.3. The van der Waals surface area contributed by atoms with Crippen molar-refractivity contribution in [2.75, 3.05) is 17.5 Å². The number of fused-ring (bicyclic) bond motifs is 1. The molecule has 1 aliphatic rings. The maximum atomic E-state index is 5.64. The van der Waals surface area contributed by atoms with E-state index in [1.54, 1.807) is 11.9 Å². The molecule has 88 valence electrons. The lowest BCUT2D eigenvalue weighted by Crippen LogP contribution is -2.26. The second kappa shape index (κ2) is 4.63. The van der Waals surface area contributed by atoms with E-state index in [1.807, 2.05) is 23.5 Å². The van der Waals surface area contributed by atoms with Crippen LogP contribution in [0.1, 0.15) is 4.88 Å². The van der Waals surface area contributed by atoms with Crippen LogP contribution in [0.15, 0.2) is 40.6 Å². The van der Waals surface area contributed by atoms with Crippen LogP contribution in [0.2, 0.25) is 0 Å². The molecule has 0 saturated heterocycles. The second-order valence-electron chi connectivity index (χ2n) is 3.87. The highest BCUT2D eigenvalue weighted by atomic mass is 32.2. The fourth-order valence-electron chi connectivity index (χ4n) is 1.81. The van der Waals surface area contributed by atoms with Crippen molar-refractivity contribution < 1.29 is 4.74 Å². The van der Waals surface area contributed by atoms with Crippen molar-refractivity contribution >= 4 is 29.0 Å². The summed E-state index contributed by atoms with van der Waals surface area (Å²) in [5.74, 6) is 0.986. The molecule has 17 heavy (non-hydrogen) atoms. The number of nitrogens with zero attached hydrogens (tertiary/aromatic N) is 1. The molecule has 0 unspecified atom stereocenters. The quantitative estimate of drug-likeness (QED) is 0.761. The van der Waals surface area contributed by atoms with Gasteiger partial charge < -0.3 is 9.04 Å². The van der Waals surface area contributed by atoms with Gasteiger partial charge in [0.05, 0.1) is 16.4 Å². The molecule has 1 aromatic heterocycles. The van der Waals surface area contributed by atoms with Crippen LogP contribution in [0, 0.1) is 6.92 Å². The molecule has 1 aromatic carbocycles. The lowest BCUT2D eigenvalue weighted by molar-refractivity contribution is 0.317. The van der Waals surface area contributed by atoms with Gasteiger partial charge in [-0.1, -0.05) is 12.1 Å². The Hall–Kier alpha value is -1.13. The lowest BCUT2D eigenvalue weighted by atomic mass is 10.2. The molecular formula is C13H13NOS2. The van der Waals surface area contributed by atoms with E-state index in [-0.39, 0.29) is 0 Å². The van der Waals surface area contributed by atoms with Crippen LogP contribution in [0.3, 0.4) is 0 Å². The van der Waals surface area contributed by atoms with E-state index in [1.165, 1.54) is 14.8 Å². The molecule has 0 aliphatic carbocycles. The van der Waals surface area contributed by atoms with Crippen molar-refractivity contribution in [2.45, 2.75) is 11.1 Å². The van der Waals surface area contributed by atoms with E-state index in [9.17, 15) is 0 Å². The Balaban J connectivity index is 1.85. The van der Waals surface area contributed by atoms with Crippen LogP contribution >= 0.6 is 23.3 Å². The predicted molar refractivity (Wildman–Crippen MR) is 74.2 cm³/mol. The van der Waals surface area contributed by atoms with E-state index in [2.05, 4.69) is 35.5 Å². The van der Waals surface area contributed by atoms with Gasteiger partial charge in [0.2, 0.25) is 0 Å². The van der Waals surface area contributed by atoms with E-state index in [4.69, 9.17) is 4.74 Å². The number of thiophene rings is 1. The van der Waals surface area contributed by atoms with Gasteiger partial charge in [-0.15, -0.1) is 11.3 Å². The predicted octanol–water partition coefficient (Wildman–Crippen LogP) is 3.96. The molecule has 1 aliphatic heterocycles. The first kappa shape index (κ1) is 11.0. The van der Waals surface area contributed by atoms with Gasteiger partial charge in [0.25, 0.3) is 0 Å².